The van der Waals surface area contributed by atoms with Gasteiger partial charge in [-0.05, 0) is 196 Å². The molecule has 2 aliphatic heterocycles. The number of allylic oxidation sites excluding steroid dienone is 7. The van der Waals surface area contributed by atoms with Gasteiger partial charge in [-0.25, -0.2) is 0 Å². The minimum atomic E-state index is -4.62. The molecule has 0 bridgehead atoms. The monoisotopic (exact) mass is 1370 g/mol. The molecule has 4 aromatic carbocycles. The molecule has 0 spiro atoms. The van der Waals surface area contributed by atoms with E-state index in [9.17, 15) is 46.8 Å². The molecule has 0 fully saturated rings. The fraction of sp³-hybridized carbons (Fsp3) is 0.524. The van der Waals surface area contributed by atoms with Gasteiger partial charge in [-0.3, -0.25) is 14.1 Å². The third kappa shape index (κ3) is 16.2. The van der Waals surface area contributed by atoms with Crippen LogP contribution in [0.4, 0.5) is 11.4 Å². The van der Waals surface area contributed by atoms with Crippen molar-refractivity contribution in [2.75, 3.05) is 93.6 Å². The number of carboxylic acids is 1. The summed E-state index contributed by atoms with van der Waals surface area (Å²) in [5.41, 5.74) is 14.8. The first kappa shape index (κ1) is 75.8. The topological polar surface area (TPSA) is 196 Å². The van der Waals surface area contributed by atoms with Gasteiger partial charge in [0, 0.05) is 97.5 Å². The van der Waals surface area contributed by atoms with Gasteiger partial charge in [0.05, 0.1) is 85.1 Å². The third-order valence-electron chi connectivity index (χ3n) is 21.7. The molecular formula is C82H110N5O11S+3. The van der Waals surface area contributed by atoms with E-state index in [0.717, 1.165) is 120 Å². The summed E-state index contributed by atoms with van der Waals surface area (Å²) in [5, 5.41) is 9.48. The zero-order valence-electron chi connectivity index (χ0n) is 62.4. The van der Waals surface area contributed by atoms with Crippen molar-refractivity contribution in [3.63, 3.8) is 0 Å². The second-order valence-corrected chi connectivity index (χ2v) is 34.6. The first-order chi connectivity index (χ1) is 46.0. The summed E-state index contributed by atoms with van der Waals surface area (Å²) in [6, 6.07) is 20.7. The molecule has 99 heavy (non-hydrogen) atoms. The molecule has 0 saturated heterocycles. The number of fused-ring (bicyclic) bond motifs is 8. The fourth-order valence-corrected chi connectivity index (χ4v) is 16.9. The molecule has 4 aromatic rings. The highest BCUT2D eigenvalue weighted by Crippen LogP contribution is 2.61. The van der Waals surface area contributed by atoms with Crippen LogP contribution >= 0.6 is 0 Å². The van der Waals surface area contributed by atoms with E-state index in [1.54, 1.807) is 46.9 Å². The number of carbonyl (C=O) groups excluding carboxylic acids is 5. The number of Topliss-reactive ketones (excluding diaryl/α,β-unsaturated/α-hetero) is 4. The average molecular weight is 1370 g/mol. The van der Waals surface area contributed by atoms with Gasteiger partial charge in [-0.2, -0.15) is 13.0 Å². The number of quaternary nitrogens is 2. The smallest absolute Gasteiger partial charge is 0.303 e. The summed E-state index contributed by atoms with van der Waals surface area (Å²) in [4.78, 5) is 80.8. The number of rotatable bonds is 31. The van der Waals surface area contributed by atoms with Crippen molar-refractivity contribution in [3.05, 3.63) is 147 Å². The highest BCUT2D eigenvalue weighted by Gasteiger charge is 2.52. The minimum Gasteiger partial charge on any atom is -0.491 e. The number of carboxylic acid groups (broad SMARTS) is 1. The van der Waals surface area contributed by atoms with Gasteiger partial charge >= 0.3 is 5.97 Å². The van der Waals surface area contributed by atoms with Gasteiger partial charge in [-0.15, -0.1) is 0 Å². The van der Waals surface area contributed by atoms with Gasteiger partial charge in [-0.1, -0.05) is 63.6 Å². The van der Waals surface area contributed by atoms with Crippen LogP contribution in [-0.2, 0) is 65.3 Å². The van der Waals surface area contributed by atoms with Crippen LogP contribution in [0.3, 0.4) is 0 Å². The number of anilines is 1. The van der Waals surface area contributed by atoms with Crippen LogP contribution in [0.2, 0.25) is 0 Å². The molecule has 0 unspecified atom stereocenters. The van der Waals surface area contributed by atoms with E-state index in [4.69, 9.17) is 4.74 Å². The maximum atomic E-state index is 13.4. The first-order valence-corrected chi connectivity index (χ1v) is 37.0. The molecule has 17 heteroatoms. The van der Waals surface area contributed by atoms with E-state index in [1.807, 2.05) is 0 Å². The van der Waals surface area contributed by atoms with Gasteiger partial charge in [0.15, 0.2) is 12.3 Å². The minimum absolute atomic E-state index is 0.0307. The molecule has 0 radical (unpaired) electrons. The zero-order chi connectivity index (χ0) is 72.9. The predicted molar refractivity (Wildman–Crippen MR) is 394 cm³/mol. The quantitative estimate of drug-likeness (QED) is 0.0275. The van der Waals surface area contributed by atoms with Crippen LogP contribution in [0, 0.1) is 12.3 Å². The first-order valence-electron chi connectivity index (χ1n) is 35.5. The number of aliphatic carboxylic acids is 1. The Kier molecular flexibility index (Phi) is 21.8. The number of hydrogen-bond donors (Lipinski definition) is 2. The summed E-state index contributed by atoms with van der Waals surface area (Å²) >= 11 is 0. The zero-order valence-corrected chi connectivity index (χ0v) is 63.3. The number of carbonyl (C=O) groups is 6. The second-order valence-electron chi connectivity index (χ2n) is 33.2. The second kappa shape index (κ2) is 28.5. The molecule has 0 saturated carbocycles. The maximum absolute atomic E-state index is 13.4. The lowest BCUT2D eigenvalue weighted by Crippen LogP contribution is -2.37. The molecular weight excluding hydrogens is 1260 g/mol. The van der Waals surface area contributed by atoms with Crippen LogP contribution in [-0.4, -0.2) is 166 Å². The number of likely N-dealkylation sites (N-methyl/N-ethyl adjacent to an activating group) is 1. The van der Waals surface area contributed by atoms with Crippen molar-refractivity contribution in [2.45, 2.75) is 193 Å². The molecule has 9 rings (SSSR count). The van der Waals surface area contributed by atoms with Gasteiger partial charge < -0.3 is 47.8 Å². The lowest BCUT2D eigenvalue weighted by atomic mass is 9.70. The van der Waals surface area contributed by atoms with Crippen molar-refractivity contribution in [3.8, 4) is 22.3 Å². The largest absolute Gasteiger partial charge is 0.491 e. The number of ether oxygens (including phenoxy) is 1. The molecule has 2 heterocycles. The van der Waals surface area contributed by atoms with E-state index in [0.29, 0.717) is 63.5 Å². The average Bonchev–Trinajstić information content (AvgIpc) is 1.55. The highest BCUT2D eigenvalue weighted by atomic mass is 32.2. The van der Waals surface area contributed by atoms with Gasteiger partial charge in [0.1, 0.15) is 35.5 Å². The van der Waals surface area contributed by atoms with E-state index >= 15 is 0 Å². The summed E-state index contributed by atoms with van der Waals surface area (Å²) in [6.07, 6.45) is 14.7. The van der Waals surface area contributed by atoms with E-state index < -0.39 is 37.7 Å². The normalized spacial score (nSPS) is 18.4. The van der Waals surface area contributed by atoms with E-state index in [1.165, 1.54) is 27.7 Å². The fourth-order valence-electron chi connectivity index (χ4n) is 16.4. The van der Waals surface area contributed by atoms with Crippen LogP contribution in [0.5, 0.6) is 0 Å². The molecule has 2 N–H and O–H groups in total. The van der Waals surface area contributed by atoms with Crippen LogP contribution in [0.1, 0.15) is 198 Å². The maximum Gasteiger partial charge on any atom is 0.303 e. The Labute approximate surface area is 589 Å². The summed E-state index contributed by atoms with van der Waals surface area (Å²) in [7, 11) is 10.3. The molecule has 3 aliphatic carbocycles. The van der Waals surface area contributed by atoms with Crippen molar-refractivity contribution in [2.24, 2.45) is 5.41 Å². The Bertz CT molecular complexity index is 4180. The third-order valence-corrected chi connectivity index (χ3v) is 22.5. The Balaban J connectivity index is 1.24. The number of amides is 1. The number of nitrogens with zero attached hydrogens (tertiary/aromatic N) is 5. The molecule has 16 nitrogen and oxygen atoms in total. The molecule has 1 amide bonds. The predicted octanol–water partition coefficient (Wildman–Crippen LogP) is 14.4. The molecule has 532 valence electrons. The molecule has 0 aromatic heterocycles. The highest BCUT2D eigenvalue weighted by molar-refractivity contribution is 7.85. The lowest BCUT2D eigenvalue weighted by molar-refractivity contribution is -0.871. The van der Waals surface area contributed by atoms with Crippen molar-refractivity contribution >= 4 is 62.2 Å². The summed E-state index contributed by atoms with van der Waals surface area (Å²) in [6.45, 7) is 25.8. The molecule has 0 atom stereocenters. The summed E-state index contributed by atoms with van der Waals surface area (Å²) < 4.78 is 47.3. The lowest BCUT2D eigenvalue weighted by Gasteiger charge is -2.34. The van der Waals surface area contributed by atoms with Crippen molar-refractivity contribution < 1.29 is 65.1 Å². The number of hydrogen-bond acceptors (Lipinski definition) is 10. The van der Waals surface area contributed by atoms with Gasteiger partial charge in [0.2, 0.25) is 11.6 Å². The SMILES string of the molecule is CC(=O)CCC1(CCC(C)=O)c2cc(S(=O)(=O)O)ccc2-c2cc3c(cc21)N(CCC[N+](C)(C)C)/C(=C/C=C1\CC(C)(C)CC(/C=C/C2=[N+](CCC[N+](C)(C)C)c4cc5c(cc4C2(C)C)-c2ccc(C)cc2C5(CCC(C)=O)CCC(C)=O)=C1OCCN(C)C(=O)CCC(=O)O)C3(C)C. The number of benzene rings is 4. The Morgan fingerprint density at radius 3 is 1.69 bits per heavy atom. The van der Waals surface area contributed by atoms with E-state index in [-0.39, 0.29) is 78.2 Å². The van der Waals surface area contributed by atoms with Crippen LogP contribution < -0.4 is 4.90 Å². The Morgan fingerprint density at radius 1 is 0.616 bits per heavy atom. The Hall–Kier alpha value is -7.44. The van der Waals surface area contributed by atoms with Crippen molar-refractivity contribution in [1.82, 2.24) is 4.90 Å². The molecule has 5 aliphatic rings. The number of aryl methyl sites for hydroxylation is 1. The van der Waals surface area contributed by atoms with Crippen molar-refractivity contribution in [1.29, 1.82) is 0 Å². The van der Waals surface area contributed by atoms with Crippen LogP contribution in [0.15, 0.2) is 112 Å². The van der Waals surface area contributed by atoms with Crippen LogP contribution in [0.25, 0.3) is 22.3 Å². The van der Waals surface area contributed by atoms with E-state index in [2.05, 4.69) is 167 Å². The van der Waals surface area contributed by atoms with Gasteiger partial charge in [0.25, 0.3) is 10.1 Å². The Morgan fingerprint density at radius 2 is 1.14 bits per heavy atom. The standard InChI is InChI=1S/C82H108N5O11S/c1-53-21-25-61-63-47-69-71(49-67(63)81(65(61)45-53,35-31-54(2)88)36-32-55(3)89)84(39-19-42-86(13,14)15)73(79(69,8)9)27-22-58-51-78(6,7)52-59(77(58)98-44-41-83(12)75(92)29-30-76(93)94)23-28-74-80(10,11)70-48-64-62-26-24-60(99(95,96)97)46-66(62)82(37-33-56(4)90,38-34-57(5)91)68(64)50-72(70)85(74)40-20-43-87(16,17)18/h21-28,45-50H,19-20,29-44,51-52H2,1-18H3/q+1/p+2. The summed E-state index contributed by atoms with van der Waals surface area (Å²) in [5.74, 6) is -0.431. The number of ketones is 4.